The highest BCUT2D eigenvalue weighted by Crippen LogP contribution is 2.29. The summed E-state index contributed by atoms with van der Waals surface area (Å²) in [6.45, 7) is 1.98. The molecule has 18 heavy (non-hydrogen) atoms. The second-order valence-corrected chi connectivity index (χ2v) is 5.67. The summed E-state index contributed by atoms with van der Waals surface area (Å²) >= 11 is 4.66. The first-order valence-electron chi connectivity index (χ1n) is 5.19. The third kappa shape index (κ3) is 3.11. The monoisotopic (exact) mass is 323 g/mol. The highest BCUT2D eigenvalue weighted by Gasteiger charge is 2.09. The summed E-state index contributed by atoms with van der Waals surface area (Å²) < 4.78 is 0.580. The van der Waals surface area contributed by atoms with Crippen molar-refractivity contribution in [3.63, 3.8) is 0 Å². The van der Waals surface area contributed by atoms with Crippen LogP contribution in [0.2, 0.25) is 0 Å². The number of carboxylic acids is 1. The SMILES string of the molecule is Cc1ccc(Sc2ccc(Br)c(C(=O)O)c2)nc1. The highest BCUT2D eigenvalue weighted by atomic mass is 79.9. The average Bonchev–Trinajstić information content (AvgIpc) is 2.34. The Morgan fingerprint density at radius 1 is 1.33 bits per heavy atom. The molecule has 1 N–H and O–H groups in total. The minimum Gasteiger partial charge on any atom is -0.478 e. The first-order chi connectivity index (χ1) is 8.56. The van der Waals surface area contributed by atoms with Crippen molar-refractivity contribution in [2.45, 2.75) is 16.8 Å². The van der Waals surface area contributed by atoms with Gasteiger partial charge in [-0.1, -0.05) is 17.8 Å². The van der Waals surface area contributed by atoms with Gasteiger partial charge in [-0.05, 0) is 52.7 Å². The van der Waals surface area contributed by atoms with Crippen molar-refractivity contribution in [3.05, 3.63) is 52.1 Å². The van der Waals surface area contributed by atoms with Gasteiger partial charge in [0, 0.05) is 15.6 Å². The van der Waals surface area contributed by atoms with Crippen molar-refractivity contribution >= 4 is 33.7 Å². The summed E-state index contributed by atoms with van der Waals surface area (Å²) in [4.78, 5) is 16.1. The Labute approximate surface area is 117 Å². The van der Waals surface area contributed by atoms with Crippen LogP contribution in [-0.2, 0) is 0 Å². The number of pyridine rings is 1. The number of carbonyl (C=O) groups is 1. The molecule has 0 unspecified atom stereocenters. The minimum absolute atomic E-state index is 0.257. The number of hydrogen-bond acceptors (Lipinski definition) is 3. The van der Waals surface area contributed by atoms with E-state index in [4.69, 9.17) is 5.11 Å². The Hall–Kier alpha value is -1.33. The molecule has 2 rings (SSSR count). The van der Waals surface area contributed by atoms with E-state index in [9.17, 15) is 4.79 Å². The zero-order valence-corrected chi connectivity index (χ0v) is 12.0. The van der Waals surface area contributed by atoms with Crippen LogP contribution in [0.15, 0.2) is 50.9 Å². The quantitative estimate of drug-likeness (QED) is 0.927. The predicted octanol–water partition coefficient (Wildman–Crippen LogP) is 4.00. The lowest BCUT2D eigenvalue weighted by Gasteiger charge is -2.04. The topological polar surface area (TPSA) is 50.2 Å². The van der Waals surface area contributed by atoms with Gasteiger partial charge in [0.1, 0.15) is 5.03 Å². The molecule has 2 aromatic rings. The second-order valence-electron chi connectivity index (χ2n) is 3.72. The highest BCUT2D eigenvalue weighted by molar-refractivity contribution is 9.10. The van der Waals surface area contributed by atoms with Gasteiger partial charge < -0.3 is 5.11 Å². The van der Waals surface area contributed by atoms with E-state index >= 15 is 0 Å². The number of benzene rings is 1. The van der Waals surface area contributed by atoms with Gasteiger partial charge in [-0.15, -0.1) is 0 Å². The molecule has 1 aromatic carbocycles. The van der Waals surface area contributed by atoms with Crippen LogP contribution in [0.25, 0.3) is 0 Å². The van der Waals surface area contributed by atoms with E-state index < -0.39 is 5.97 Å². The minimum atomic E-state index is -0.943. The lowest BCUT2D eigenvalue weighted by Crippen LogP contribution is -1.97. The molecule has 0 bridgehead atoms. The molecular formula is C13H10BrNO2S. The summed E-state index contributed by atoms with van der Waals surface area (Å²) in [5.74, 6) is -0.943. The van der Waals surface area contributed by atoms with Crippen LogP contribution in [0.1, 0.15) is 15.9 Å². The van der Waals surface area contributed by atoms with E-state index in [0.29, 0.717) is 4.47 Å². The molecule has 92 valence electrons. The van der Waals surface area contributed by atoms with Crippen molar-refractivity contribution in [2.75, 3.05) is 0 Å². The maximum atomic E-state index is 11.0. The van der Waals surface area contributed by atoms with Crippen LogP contribution < -0.4 is 0 Å². The van der Waals surface area contributed by atoms with Gasteiger partial charge >= 0.3 is 5.97 Å². The Bertz CT molecular complexity index is 584. The van der Waals surface area contributed by atoms with Crippen molar-refractivity contribution in [3.8, 4) is 0 Å². The van der Waals surface area contributed by atoms with E-state index in [-0.39, 0.29) is 5.56 Å². The molecule has 0 aliphatic rings. The molecule has 1 aromatic heterocycles. The molecule has 0 aliphatic heterocycles. The smallest absolute Gasteiger partial charge is 0.336 e. The molecular weight excluding hydrogens is 314 g/mol. The maximum absolute atomic E-state index is 11.0. The largest absolute Gasteiger partial charge is 0.478 e. The number of nitrogens with zero attached hydrogens (tertiary/aromatic N) is 1. The van der Waals surface area contributed by atoms with E-state index in [2.05, 4.69) is 20.9 Å². The van der Waals surface area contributed by atoms with Gasteiger partial charge in [-0.25, -0.2) is 9.78 Å². The Kier molecular flexibility index (Phi) is 4.04. The fourth-order valence-corrected chi connectivity index (χ4v) is 2.58. The van der Waals surface area contributed by atoms with E-state index in [1.54, 1.807) is 18.3 Å². The molecule has 0 radical (unpaired) electrons. The second kappa shape index (κ2) is 5.54. The van der Waals surface area contributed by atoms with Crippen LogP contribution in [0.5, 0.6) is 0 Å². The standard InChI is InChI=1S/C13H10BrNO2S/c1-8-2-5-12(15-7-8)18-9-3-4-11(14)10(6-9)13(16)17/h2-7H,1H3,(H,16,17). The van der Waals surface area contributed by atoms with Gasteiger partial charge in [-0.2, -0.15) is 0 Å². The molecule has 0 spiro atoms. The fraction of sp³-hybridized carbons (Fsp3) is 0.0769. The van der Waals surface area contributed by atoms with E-state index in [0.717, 1.165) is 15.5 Å². The molecule has 0 saturated heterocycles. The molecule has 0 aliphatic carbocycles. The molecule has 0 saturated carbocycles. The van der Waals surface area contributed by atoms with Crippen LogP contribution in [0.3, 0.4) is 0 Å². The summed E-state index contributed by atoms with van der Waals surface area (Å²) in [6.07, 6.45) is 1.79. The fourth-order valence-electron chi connectivity index (χ4n) is 1.37. The normalized spacial score (nSPS) is 10.3. The van der Waals surface area contributed by atoms with Crippen LogP contribution in [0.4, 0.5) is 0 Å². The van der Waals surface area contributed by atoms with Crippen molar-refractivity contribution in [1.82, 2.24) is 4.98 Å². The molecule has 0 atom stereocenters. The summed E-state index contributed by atoms with van der Waals surface area (Å²) in [6, 6.07) is 9.14. The Balaban J connectivity index is 2.27. The van der Waals surface area contributed by atoms with E-state index in [1.807, 2.05) is 25.1 Å². The van der Waals surface area contributed by atoms with Gasteiger partial charge in [0.15, 0.2) is 0 Å². The summed E-state index contributed by atoms with van der Waals surface area (Å²) in [7, 11) is 0. The lowest BCUT2D eigenvalue weighted by atomic mass is 10.2. The van der Waals surface area contributed by atoms with Crippen LogP contribution in [0, 0.1) is 6.92 Å². The first kappa shape index (κ1) is 13.1. The first-order valence-corrected chi connectivity index (χ1v) is 6.80. The zero-order valence-electron chi connectivity index (χ0n) is 9.55. The summed E-state index contributed by atoms with van der Waals surface area (Å²) in [5.41, 5.74) is 1.36. The number of aromatic nitrogens is 1. The van der Waals surface area contributed by atoms with Crippen LogP contribution in [-0.4, -0.2) is 16.1 Å². The van der Waals surface area contributed by atoms with Crippen molar-refractivity contribution in [1.29, 1.82) is 0 Å². The third-order valence-corrected chi connectivity index (χ3v) is 3.91. The molecule has 0 amide bonds. The number of carboxylic acid groups (broad SMARTS) is 1. The van der Waals surface area contributed by atoms with Gasteiger partial charge in [0.05, 0.1) is 5.56 Å². The number of halogens is 1. The van der Waals surface area contributed by atoms with Gasteiger partial charge in [0.2, 0.25) is 0 Å². The predicted molar refractivity (Wildman–Crippen MR) is 74.2 cm³/mol. The summed E-state index contributed by atoms with van der Waals surface area (Å²) in [5, 5.41) is 9.88. The molecule has 3 nitrogen and oxygen atoms in total. The molecule has 1 heterocycles. The van der Waals surface area contributed by atoms with Crippen molar-refractivity contribution in [2.24, 2.45) is 0 Å². The maximum Gasteiger partial charge on any atom is 0.336 e. The Morgan fingerprint density at radius 3 is 2.72 bits per heavy atom. The number of hydrogen-bond donors (Lipinski definition) is 1. The van der Waals surface area contributed by atoms with Crippen LogP contribution >= 0.6 is 27.7 Å². The Morgan fingerprint density at radius 2 is 2.11 bits per heavy atom. The van der Waals surface area contributed by atoms with Gasteiger partial charge in [-0.3, -0.25) is 0 Å². The third-order valence-electron chi connectivity index (χ3n) is 2.27. The molecule has 0 fully saturated rings. The van der Waals surface area contributed by atoms with Gasteiger partial charge in [0.25, 0.3) is 0 Å². The van der Waals surface area contributed by atoms with E-state index in [1.165, 1.54) is 11.8 Å². The average molecular weight is 324 g/mol. The number of aromatic carboxylic acids is 1. The lowest BCUT2D eigenvalue weighted by molar-refractivity contribution is 0.0695. The molecule has 5 heteroatoms. The number of rotatable bonds is 3. The van der Waals surface area contributed by atoms with Crippen molar-refractivity contribution < 1.29 is 9.90 Å². The zero-order chi connectivity index (χ0) is 13.1. The number of aryl methyl sites for hydroxylation is 1.